The minimum Gasteiger partial charge on any atom is -0.393 e. The van der Waals surface area contributed by atoms with E-state index in [0.29, 0.717) is 11.8 Å². The summed E-state index contributed by atoms with van der Waals surface area (Å²) in [6.07, 6.45) is 2.04. The molecular formula is C15H21NO2. The molecule has 1 saturated carbocycles. The summed E-state index contributed by atoms with van der Waals surface area (Å²) in [6, 6.07) is 6.25. The molecule has 0 radical (unpaired) electrons. The van der Waals surface area contributed by atoms with E-state index in [2.05, 4.69) is 17.0 Å². The second-order valence-corrected chi connectivity index (χ2v) is 5.74. The van der Waals surface area contributed by atoms with Gasteiger partial charge in [0.2, 0.25) is 0 Å². The zero-order valence-electron chi connectivity index (χ0n) is 10.8. The zero-order valence-corrected chi connectivity index (χ0v) is 10.8. The van der Waals surface area contributed by atoms with Crippen LogP contribution in [-0.4, -0.2) is 29.4 Å². The van der Waals surface area contributed by atoms with Crippen molar-refractivity contribution in [2.75, 3.05) is 18.0 Å². The molecule has 1 heterocycles. The normalized spacial score (nSPS) is 30.8. The van der Waals surface area contributed by atoms with Crippen LogP contribution in [-0.2, 0) is 6.61 Å². The molecule has 3 unspecified atom stereocenters. The predicted molar refractivity (Wildman–Crippen MR) is 71.5 cm³/mol. The van der Waals surface area contributed by atoms with Crippen LogP contribution in [0.4, 0.5) is 5.69 Å². The first-order chi connectivity index (χ1) is 8.69. The number of aliphatic hydroxyl groups excluding tert-OH is 2. The molecule has 3 heteroatoms. The van der Waals surface area contributed by atoms with Crippen LogP contribution in [0.5, 0.6) is 0 Å². The summed E-state index contributed by atoms with van der Waals surface area (Å²) in [4.78, 5) is 2.38. The van der Waals surface area contributed by atoms with E-state index in [9.17, 15) is 10.2 Å². The summed E-state index contributed by atoms with van der Waals surface area (Å²) < 4.78 is 0. The molecule has 0 bridgehead atoms. The lowest BCUT2D eigenvalue weighted by molar-refractivity contribution is 0.133. The van der Waals surface area contributed by atoms with Crippen molar-refractivity contribution in [2.45, 2.75) is 32.5 Å². The van der Waals surface area contributed by atoms with E-state index in [1.54, 1.807) is 0 Å². The third-order valence-corrected chi connectivity index (χ3v) is 4.68. The van der Waals surface area contributed by atoms with Crippen molar-refractivity contribution in [3.63, 3.8) is 0 Å². The van der Waals surface area contributed by atoms with Gasteiger partial charge in [0, 0.05) is 24.7 Å². The Morgan fingerprint density at radius 3 is 2.78 bits per heavy atom. The number of rotatable bonds is 2. The van der Waals surface area contributed by atoms with Gasteiger partial charge in [-0.15, -0.1) is 0 Å². The van der Waals surface area contributed by atoms with E-state index >= 15 is 0 Å². The van der Waals surface area contributed by atoms with Gasteiger partial charge >= 0.3 is 0 Å². The fourth-order valence-electron chi connectivity index (χ4n) is 3.50. The van der Waals surface area contributed by atoms with Crippen LogP contribution >= 0.6 is 0 Å². The second kappa shape index (κ2) is 4.56. The number of aliphatic hydroxyl groups is 2. The minimum absolute atomic E-state index is 0.0992. The Labute approximate surface area is 108 Å². The smallest absolute Gasteiger partial charge is 0.0684 e. The van der Waals surface area contributed by atoms with Crippen LogP contribution in [0.3, 0.4) is 0 Å². The van der Waals surface area contributed by atoms with Crippen molar-refractivity contribution >= 4 is 5.69 Å². The Bertz CT molecular complexity index is 446. The maximum absolute atomic E-state index is 9.94. The first kappa shape index (κ1) is 12.0. The average Bonchev–Trinajstić information content (AvgIpc) is 2.92. The molecule has 0 aromatic heterocycles. The highest BCUT2D eigenvalue weighted by atomic mass is 16.3. The maximum Gasteiger partial charge on any atom is 0.0684 e. The summed E-state index contributed by atoms with van der Waals surface area (Å²) in [5.41, 5.74) is 3.37. The third kappa shape index (κ3) is 1.91. The number of nitrogens with zero attached hydrogens (tertiary/aromatic N) is 1. The average molecular weight is 247 g/mol. The van der Waals surface area contributed by atoms with Gasteiger partial charge in [0.05, 0.1) is 12.7 Å². The van der Waals surface area contributed by atoms with Crippen molar-refractivity contribution in [1.82, 2.24) is 0 Å². The van der Waals surface area contributed by atoms with E-state index in [1.807, 2.05) is 13.0 Å². The Morgan fingerprint density at radius 1 is 1.28 bits per heavy atom. The number of aryl methyl sites for hydroxylation is 1. The van der Waals surface area contributed by atoms with Gasteiger partial charge in [-0.2, -0.15) is 0 Å². The van der Waals surface area contributed by atoms with Gasteiger partial charge < -0.3 is 15.1 Å². The highest BCUT2D eigenvalue weighted by molar-refractivity contribution is 5.52. The summed E-state index contributed by atoms with van der Waals surface area (Å²) in [6.45, 7) is 4.19. The predicted octanol–water partition coefficient (Wildman–Crippen LogP) is 1.69. The van der Waals surface area contributed by atoms with Crippen LogP contribution in [0.2, 0.25) is 0 Å². The highest BCUT2D eigenvalue weighted by Gasteiger charge is 2.41. The van der Waals surface area contributed by atoms with Gasteiger partial charge in [0.25, 0.3) is 0 Å². The standard InChI is InChI=1S/C15H21NO2/c1-10-6-13(4-2-12(10)9-17)16-7-11-3-5-15(18)14(11)8-16/h2,4,6,11,14-15,17-18H,3,5,7-9H2,1H3. The lowest BCUT2D eigenvalue weighted by atomic mass is 10.00. The lowest BCUT2D eigenvalue weighted by Gasteiger charge is -2.21. The lowest BCUT2D eigenvalue weighted by Crippen LogP contribution is -2.24. The van der Waals surface area contributed by atoms with Gasteiger partial charge in [-0.1, -0.05) is 6.07 Å². The molecule has 1 aliphatic carbocycles. The Kier molecular flexibility index (Phi) is 3.04. The van der Waals surface area contributed by atoms with Crippen LogP contribution in [0.15, 0.2) is 18.2 Å². The van der Waals surface area contributed by atoms with Gasteiger partial charge in [0.15, 0.2) is 0 Å². The van der Waals surface area contributed by atoms with Gasteiger partial charge in [-0.3, -0.25) is 0 Å². The van der Waals surface area contributed by atoms with E-state index in [1.165, 1.54) is 5.69 Å². The number of hydrogen-bond acceptors (Lipinski definition) is 3. The van der Waals surface area contributed by atoms with Crippen molar-refractivity contribution < 1.29 is 10.2 Å². The molecule has 1 aromatic rings. The van der Waals surface area contributed by atoms with Crippen molar-refractivity contribution in [3.05, 3.63) is 29.3 Å². The molecule has 0 amide bonds. The van der Waals surface area contributed by atoms with E-state index in [0.717, 1.165) is 37.1 Å². The molecule has 98 valence electrons. The van der Waals surface area contributed by atoms with E-state index in [-0.39, 0.29) is 12.7 Å². The van der Waals surface area contributed by atoms with Crippen molar-refractivity contribution in [2.24, 2.45) is 11.8 Å². The summed E-state index contributed by atoms with van der Waals surface area (Å²) in [5, 5.41) is 19.1. The molecule has 2 fully saturated rings. The molecule has 3 rings (SSSR count). The van der Waals surface area contributed by atoms with Gasteiger partial charge in [-0.25, -0.2) is 0 Å². The molecule has 3 atom stereocenters. The fraction of sp³-hybridized carbons (Fsp3) is 0.600. The molecule has 3 nitrogen and oxygen atoms in total. The number of benzene rings is 1. The second-order valence-electron chi connectivity index (χ2n) is 5.74. The molecule has 18 heavy (non-hydrogen) atoms. The summed E-state index contributed by atoms with van der Waals surface area (Å²) >= 11 is 0. The Morgan fingerprint density at radius 2 is 2.11 bits per heavy atom. The topological polar surface area (TPSA) is 43.7 Å². The fourth-order valence-corrected chi connectivity index (χ4v) is 3.50. The first-order valence-electron chi connectivity index (χ1n) is 6.82. The molecule has 2 aliphatic rings. The van der Waals surface area contributed by atoms with Crippen LogP contribution < -0.4 is 4.90 Å². The molecule has 1 saturated heterocycles. The molecule has 0 spiro atoms. The SMILES string of the molecule is Cc1cc(N2CC3CCC(O)C3C2)ccc1CO. The van der Waals surface area contributed by atoms with Gasteiger partial charge in [-0.05, 0) is 48.9 Å². The van der Waals surface area contributed by atoms with Gasteiger partial charge in [0.1, 0.15) is 0 Å². The van der Waals surface area contributed by atoms with Crippen molar-refractivity contribution in [1.29, 1.82) is 0 Å². The number of hydrogen-bond donors (Lipinski definition) is 2. The monoisotopic (exact) mass is 247 g/mol. The molecule has 1 aliphatic heterocycles. The number of anilines is 1. The quantitative estimate of drug-likeness (QED) is 0.836. The molecule has 2 N–H and O–H groups in total. The van der Waals surface area contributed by atoms with Crippen LogP contribution in [0.25, 0.3) is 0 Å². The minimum atomic E-state index is -0.0992. The third-order valence-electron chi connectivity index (χ3n) is 4.68. The Hall–Kier alpha value is -1.06. The zero-order chi connectivity index (χ0) is 12.7. The van der Waals surface area contributed by atoms with Crippen molar-refractivity contribution in [3.8, 4) is 0 Å². The maximum atomic E-state index is 9.94. The van der Waals surface area contributed by atoms with Crippen LogP contribution in [0, 0.1) is 18.8 Å². The largest absolute Gasteiger partial charge is 0.393 e. The summed E-state index contributed by atoms with van der Waals surface area (Å²) in [7, 11) is 0. The van der Waals surface area contributed by atoms with E-state index < -0.39 is 0 Å². The highest BCUT2D eigenvalue weighted by Crippen LogP contribution is 2.40. The van der Waals surface area contributed by atoms with Crippen LogP contribution in [0.1, 0.15) is 24.0 Å². The molecule has 1 aromatic carbocycles. The summed E-state index contributed by atoms with van der Waals surface area (Å²) in [5.74, 6) is 1.13. The Balaban J connectivity index is 1.79. The first-order valence-corrected chi connectivity index (χ1v) is 6.82. The number of fused-ring (bicyclic) bond motifs is 1. The molecular weight excluding hydrogens is 226 g/mol. The van der Waals surface area contributed by atoms with E-state index in [4.69, 9.17) is 0 Å².